The predicted octanol–water partition coefficient (Wildman–Crippen LogP) is 2.75. The van der Waals surface area contributed by atoms with E-state index in [-0.39, 0.29) is 18.4 Å². The summed E-state index contributed by atoms with van der Waals surface area (Å²) in [6.45, 7) is 2.82. The second-order valence-electron chi connectivity index (χ2n) is 4.69. The number of amides is 2. The fraction of sp³-hybridized carbons (Fsp3) is 0.429. The van der Waals surface area contributed by atoms with Gasteiger partial charge in [0, 0.05) is 24.0 Å². The highest BCUT2D eigenvalue weighted by molar-refractivity contribution is 9.10. The highest BCUT2D eigenvalue weighted by Gasteiger charge is 2.08. The van der Waals surface area contributed by atoms with Crippen molar-refractivity contribution in [2.75, 3.05) is 6.54 Å². The number of urea groups is 1. The lowest BCUT2D eigenvalue weighted by Gasteiger charge is -2.12. The van der Waals surface area contributed by atoms with Crippen molar-refractivity contribution in [3.63, 3.8) is 0 Å². The van der Waals surface area contributed by atoms with E-state index in [0.717, 1.165) is 10.0 Å². The number of hydrogen-bond donors (Lipinski definition) is 3. The van der Waals surface area contributed by atoms with Gasteiger partial charge in [0.25, 0.3) is 0 Å². The van der Waals surface area contributed by atoms with Gasteiger partial charge in [-0.05, 0) is 24.0 Å². The van der Waals surface area contributed by atoms with Crippen LogP contribution in [0.25, 0.3) is 0 Å². The van der Waals surface area contributed by atoms with Gasteiger partial charge in [0.05, 0.1) is 0 Å². The molecule has 0 heterocycles. The molecule has 1 aromatic rings. The van der Waals surface area contributed by atoms with Crippen LogP contribution in [0.2, 0.25) is 0 Å². The first kappa shape index (κ1) is 16.5. The highest BCUT2D eigenvalue weighted by atomic mass is 79.9. The van der Waals surface area contributed by atoms with Gasteiger partial charge < -0.3 is 15.7 Å². The first-order valence-corrected chi connectivity index (χ1v) is 7.25. The quantitative estimate of drug-likeness (QED) is 0.712. The van der Waals surface area contributed by atoms with E-state index in [1.54, 1.807) is 0 Å². The van der Waals surface area contributed by atoms with Gasteiger partial charge in [-0.15, -0.1) is 0 Å². The van der Waals surface area contributed by atoms with Gasteiger partial charge in [-0.2, -0.15) is 0 Å². The van der Waals surface area contributed by atoms with Crippen LogP contribution in [0, 0.1) is 5.92 Å². The molecule has 0 bridgehead atoms. The van der Waals surface area contributed by atoms with Gasteiger partial charge in [-0.1, -0.05) is 41.1 Å². The lowest BCUT2D eigenvalue weighted by Crippen LogP contribution is -2.37. The molecule has 1 rings (SSSR count). The smallest absolute Gasteiger partial charge is 0.315 e. The maximum Gasteiger partial charge on any atom is 0.315 e. The van der Waals surface area contributed by atoms with Crippen LogP contribution in [-0.4, -0.2) is 23.7 Å². The van der Waals surface area contributed by atoms with E-state index >= 15 is 0 Å². The minimum absolute atomic E-state index is 0.126. The Morgan fingerprint density at radius 3 is 2.65 bits per heavy atom. The largest absolute Gasteiger partial charge is 0.481 e. The number of nitrogens with one attached hydrogen (secondary N) is 2. The molecule has 0 saturated heterocycles. The summed E-state index contributed by atoms with van der Waals surface area (Å²) in [5.41, 5.74) is 1.00. The van der Waals surface area contributed by atoms with Crippen LogP contribution < -0.4 is 10.6 Å². The molecule has 0 spiro atoms. The fourth-order valence-electron chi connectivity index (χ4n) is 1.62. The molecule has 0 aliphatic rings. The number of carboxylic acid groups (broad SMARTS) is 1. The summed E-state index contributed by atoms with van der Waals surface area (Å²) < 4.78 is 0.954. The zero-order valence-electron chi connectivity index (χ0n) is 11.4. The number of halogens is 1. The van der Waals surface area contributed by atoms with Gasteiger partial charge >= 0.3 is 12.0 Å². The molecule has 0 fully saturated rings. The van der Waals surface area contributed by atoms with E-state index in [1.165, 1.54) is 0 Å². The van der Waals surface area contributed by atoms with Crippen molar-refractivity contribution in [2.24, 2.45) is 5.92 Å². The number of carbonyl (C=O) groups is 2. The van der Waals surface area contributed by atoms with E-state index in [9.17, 15) is 9.59 Å². The van der Waals surface area contributed by atoms with Crippen molar-refractivity contribution >= 4 is 27.9 Å². The summed E-state index contributed by atoms with van der Waals surface area (Å²) in [4.78, 5) is 22.0. The summed E-state index contributed by atoms with van der Waals surface area (Å²) in [7, 11) is 0. The van der Waals surface area contributed by atoms with Crippen molar-refractivity contribution < 1.29 is 14.7 Å². The standard InChI is InChI=1S/C14H19BrN2O3/c1-10(6-7-13(18)19)8-16-14(20)17-9-11-4-2-3-5-12(11)15/h2-5,10H,6-9H2,1H3,(H,18,19)(H2,16,17,20). The molecule has 0 radical (unpaired) electrons. The van der Waals surface area contributed by atoms with Crippen molar-refractivity contribution in [1.82, 2.24) is 10.6 Å². The average Bonchev–Trinajstić information content (AvgIpc) is 2.42. The zero-order chi connectivity index (χ0) is 15.0. The van der Waals surface area contributed by atoms with E-state index < -0.39 is 5.97 Å². The van der Waals surface area contributed by atoms with E-state index in [0.29, 0.717) is 19.5 Å². The number of carbonyl (C=O) groups excluding carboxylic acids is 1. The number of aliphatic carboxylic acids is 1. The zero-order valence-corrected chi connectivity index (χ0v) is 12.9. The topological polar surface area (TPSA) is 78.4 Å². The van der Waals surface area contributed by atoms with Gasteiger partial charge in [0.15, 0.2) is 0 Å². The summed E-state index contributed by atoms with van der Waals surface area (Å²) in [5.74, 6) is -0.671. The Hall–Kier alpha value is -1.56. The van der Waals surface area contributed by atoms with E-state index in [4.69, 9.17) is 5.11 Å². The summed E-state index contributed by atoms with van der Waals surface area (Å²) in [5, 5.41) is 14.1. The monoisotopic (exact) mass is 342 g/mol. The Balaban J connectivity index is 2.24. The van der Waals surface area contributed by atoms with Gasteiger partial charge in [-0.3, -0.25) is 4.79 Å². The molecule has 1 aromatic carbocycles. The second kappa shape index (κ2) is 8.58. The lowest BCUT2D eigenvalue weighted by atomic mass is 10.1. The molecule has 0 aromatic heterocycles. The number of carboxylic acids is 1. The SMILES string of the molecule is CC(CCC(=O)O)CNC(=O)NCc1ccccc1Br. The molecular weight excluding hydrogens is 324 g/mol. The lowest BCUT2D eigenvalue weighted by molar-refractivity contribution is -0.137. The first-order valence-electron chi connectivity index (χ1n) is 6.46. The third-order valence-corrected chi connectivity index (χ3v) is 3.63. The normalized spacial score (nSPS) is 11.7. The predicted molar refractivity (Wildman–Crippen MR) is 80.4 cm³/mol. The van der Waals surface area contributed by atoms with Crippen molar-refractivity contribution in [3.8, 4) is 0 Å². The first-order chi connectivity index (χ1) is 9.49. The van der Waals surface area contributed by atoms with Gasteiger partial charge in [0.2, 0.25) is 0 Å². The second-order valence-corrected chi connectivity index (χ2v) is 5.55. The summed E-state index contributed by atoms with van der Waals surface area (Å²) in [6.07, 6.45) is 0.682. The minimum Gasteiger partial charge on any atom is -0.481 e. The third kappa shape index (κ3) is 6.56. The minimum atomic E-state index is -0.810. The molecule has 2 amide bonds. The summed E-state index contributed by atoms with van der Waals surface area (Å²) >= 11 is 3.42. The fourth-order valence-corrected chi connectivity index (χ4v) is 2.04. The highest BCUT2D eigenvalue weighted by Crippen LogP contribution is 2.15. The molecule has 110 valence electrons. The van der Waals surface area contributed by atoms with Crippen molar-refractivity contribution in [2.45, 2.75) is 26.3 Å². The molecule has 20 heavy (non-hydrogen) atoms. The summed E-state index contributed by atoms with van der Waals surface area (Å²) in [6, 6.07) is 7.43. The molecule has 3 N–H and O–H groups in total. The van der Waals surface area contributed by atoms with Crippen LogP contribution in [-0.2, 0) is 11.3 Å². The Kier molecular flexibility index (Phi) is 7.08. The maximum atomic E-state index is 11.6. The molecule has 1 atom stereocenters. The molecule has 6 heteroatoms. The van der Waals surface area contributed by atoms with Crippen molar-refractivity contribution in [3.05, 3.63) is 34.3 Å². The Morgan fingerprint density at radius 2 is 2.00 bits per heavy atom. The number of benzene rings is 1. The van der Waals surface area contributed by atoms with Crippen LogP contribution in [0.1, 0.15) is 25.3 Å². The number of hydrogen-bond acceptors (Lipinski definition) is 2. The van der Waals surface area contributed by atoms with Crippen molar-refractivity contribution in [1.29, 1.82) is 0 Å². The van der Waals surface area contributed by atoms with Gasteiger partial charge in [-0.25, -0.2) is 4.79 Å². The van der Waals surface area contributed by atoms with Crippen LogP contribution >= 0.6 is 15.9 Å². The molecule has 0 aliphatic heterocycles. The Bertz CT molecular complexity index is 465. The molecule has 0 saturated carbocycles. The van der Waals surface area contributed by atoms with Crippen LogP contribution in [0.15, 0.2) is 28.7 Å². The molecular formula is C14H19BrN2O3. The van der Waals surface area contributed by atoms with Crippen LogP contribution in [0.5, 0.6) is 0 Å². The maximum absolute atomic E-state index is 11.6. The van der Waals surface area contributed by atoms with E-state index in [2.05, 4.69) is 26.6 Å². The van der Waals surface area contributed by atoms with Crippen LogP contribution in [0.4, 0.5) is 4.79 Å². The van der Waals surface area contributed by atoms with E-state index in [1.807, 2.05) is 31.2 Å². The van der Waals surface area contributed by atoms with Gasteiger partial charge in [0.1, 0.15) is 0 Å². The third-order valence-electron chi connectivity index (χ3n) is 2.86. The average molecular weight is 343 g/mol. The molecule has 1 unspecified atom stereocenters. The molecule has 0 aliphatic carbocycles. The molecule has 5 nitrogen and oxygen atoms in total. The Morgan fingerprint density at radius 1 is 1.30 bits per heavy atom. The van der Waals surface area contributed by atoms with Crippen LogP contribution in [0.3, 0.4) is 0 Å². The number of rotatable bonds is 7. The Labute approximate surface area is 126 Å².